The van der Waals surface area contributed by atoms with E-state index in [0.29, 0.717) is 24.3 Å². The summed E-state index contributed by atoms with van der Waals surface area (Å²) >= 11 is 7.92. The molecule has 4 N–H and O–H groups in total. The number of ether oxygens (including phenoxy) is 2. The number of pyridine rings is 1. The van der Waals surface area contributed by atoms with Crippen LogP contribution in [0.15, 0.2) is 30.5 Å². The van der Waals surface area contributed by atoms with Gasteiger partial charge in [-0.1, -0.05) is 23.7 Å². The predicted octanol–water partition coefficient (Wildman–Crippen LogP) is 7.72. The smallest absolute Gasteiger partial charge is 0.319 e. The van der Waals surface area contributed by atoms with Crippen molar-refractivity contribution in [2.24, 2.45) is 5.92 Å². The Balaban J connectivity index is 1.33. The van der Waals surface area contributed by atoms with Crippen molar-refractivity contribution in [1.82, 2.24) is 19.9 Å². The quantitative estimate of drug-likeness (QED) is 0.159. The van der Waals surface area contributed by atoms with Crippen LogP contribution < -0.4 is 25.8 Å². The van der Waals surface area contributed by atoms with E-state index >= 15 is 8.78 Å². The van der Waals surface area contributed by atoms with Gasteiger partial charge in [-0.25, -0.2) is 22.5 Å². The molecule has 2 fully saturated rings. The lowest BCUT2D eigenvalue weighted by Crippen LogP contribution is -2.43. The zero-order valence-corrected chi connectivity index (χ0v) is 29.7. The van der Waals surface area contributed by atoms with E-state index in [1.165, 1.54) is 6.07 Å². The summed E-state index contributed by atoms with van der Waals surface area (Å²) in [5, 5.41) is 10.2. The number of nitrogens with zero attached hydrogens (tertiary/aromatic N) is 6. The summed E-state index contributed by atoms with van der Waals surface area (Å²) in [4.78, 5) is 17.6. The van der Waals surface area contributed by atoms with Gasteiger partial charge >= 0.3 is 6.01 Å². The minimum Gasteiger partial charge on any atom is -0.489 e. The second kappa shape index (κ2) is 12.5. The number of fused-ring (bicyclic) bond motifs is 2. The van der Waals surface area contributed by atoms with Crippen LogP contribution in [0.4, 0.5) is 34.2 Å². The fraction of sp³-hybridized carbons (Fsp3) is 0.389. The molecule has 16 heteroatoms. The highest BCUT2D eigenvalue weighted by Crippen LogP contribution is 2.52. The van der Waals surface area contributed by atoms with Crippen molar-refractivity contribution < 1.29 is 27.0 Å². The second-order valence-corrected chi connectivity index (χ2v) is 15.2. The van der Waals surface area contributed by atoms with Crippen LogP contribution in [0.2, 0.25) is 5.02 Å². The monoisotopic (exact) mass is 752 g/mol. The highest BCUT2D eigenvalue weighted by atomic mass is 35.5. The Labute approximate surface area is 304 Å². The first kappa shape index (κ1) is 34.4. The van der Waals surface area contributed by atoms with Crippen LogP contribution in [0, 0.1) is 28.9 Å². The molecule has 0 spiro atoms. The van der Waals surface area contributed by atoms with Crippen LogP contribution >= 0.6 is 22.9 Å². The summed E-state index contributed by atoms with van der Waals surface area (Å²) in [5.41, 5.74) is 12.2. The van der Waals surface area contributed by atoms with Gasteiger partial charge in [-0.2, -0.15) is 15.2 Å². The number of nitrogens with two attached hydrogens (primary N) is 2. The van der Waals surface area contributed by atoms with E-state index in [1.807, 2.05) is 28.9 Å². The summed E-state index contributed by atoms with van der Waals surface area (Å²) < 4.78 is 74.0. The summed E-state index contributed by atoms with van der Waals surface area (Å²) in [6.07, 6.45) is 3.30. The van der Waals surface area contributed by atoms with E-state index in [0.717, 1.165) is 30.7 Å². The van der Waals surface area contributed by atoms with E-state index in [9.17, 15) is 14.0 Å². The summed E-state index contributed by atoms with van der Waals surface area (Å²) in [5.74, 6) is -4.56. The van der Waals surface area contributed by atoms with Crippen LogP contribution in [-0.2, 0) is 0 Å². The maximum Gasteiger partial charge on any atom is 0.319 e. The molecule has 3 unspecified atom stereocenters. The van der Waals surface area contributed by atoms with Gasteiger partial charge in [-0.3, -0.25) is 4.90 Å². The molecule has 52 heavy (non-hydrogen) atoms. The Hall–Kier alpha value is -4.65. The molecule has 0 saturated carbocycles. The zero-order valence-electron chi connectivity index (χ0n) is 28.2. The number of halogens is 5. The number of rotatable bonds is 7. The van der Waals surface area contributed by atoms with E-state index in [1.54, 1.807) is 12.3 Å². The number of anilines is 3. The number of benzene rings is 2. The molecule has 2 aromatic carbocycles. The molecule has 8 rings (SSSR count). The molecule has 6 heterocycles. The number of alkyl halides is 2. The average Bonchev–Trinajstić information content (AvgIpc) is 3.74. The number of aromatic nitrogens is 3. The van der Waals surface area contributed by atoms with Gasteiger partial charge in [0.05, 0.1) is 38.8 Å². The zero-order chi connectivity index (χ0) is 36.7. The van der Waals surface area contributed by atoms with Gasteiger partial charge in [0, 0.05) is 35.2 Å². The molecule has 0 radical (unpaired) electrons. The van der Waals surface area contributed by atoms with E-state index < -0.39 is 35.1 Å². The predicted molar refractivity (Wildman–Crippen MR) is 192 cm³/mol. The van der Waals surface area contributed by atoms with Crippen molar-refractivity contribution in [2.75, 3.05) is 49.2 Å². The van der Waals surface area contributed by atoms with E-state index in [2.05, 4.69) is 9.97 Å². The number of hydrogen-bond acceptors (Lipinski definition) is 11. The van der Waals surface area contributed by atoms with Gasteiger partial charge in [-0.05, 0) is 57.4 Å². The van der Waals surface area contributed by atoms with Crippen molar-refractivity contribution in [3.63, 3.8) is 0 Å². The summed E-state index contributed by atoms with van der Waals surface area (Å²) in [6.45, 7) is 4.12. The molecule has 2 saturated heterocycles. The highest BCUT2D eigenvalue weighted by molar-refractivity contribution is 7.23. The van der Waals surface area contributed by atoms with Crippen molar-refractivity contribution in [1.29, 1.82) is 5.26 Å². The van der Waals surface area contributed by atoms with Crippen LogP contribution in [0.1, 0.15) is 50.3 Å². The Morgan fingerprint density at radius 1 is 1.21 bits per heavy atom. The van der Waals surface area contributed by atoms with Gasteiger partial charge in [-0.15, -0.1) is 11.3 Å². The number of nitrogen functional groups attached to an aromatic ring is 2. The lowest BCUT2D eigenvalue weighted by molar-refractivity contribution is -0.0366. The van der Waals surface area contributed by atoms with Gasteiger partial charge in [0.1, 0.15) is 47.3 Å². The Bertz CT molecular complexity index is 2310. The van der Waals surface area contributed by atoms with Crippen LogP contribution in [0.3, 0.4) is 0 Å². The molecule has 3 aliphatic heterocycles. The Morgan fingerprint density at radius 2 is 2.02 bits per heavy atom. The van der Waals surface area contributed by atoms with Crippen molar-refractivity contribution in [3.05, 3.63) is 58.2 Å². The average molecular weight is 753 g/mol. The van der Waals surface area contributed by atoms with E-state index in [-0.39, 0.29) is 98.0 Å². The lowest BCUT2D eigenvalue weighted by atomic mass is 9.88. The topological polar surface area (TPSA) is 139 Å². The van der Waals surface area contributed by atoms with Crippen molar-refractivity contribution in [2.45, 2.75) is 50.6 Å². The standard InChI is InChI=1S/C36H33ClF4N8O2S/c1-17(19-5-3-9-45-31(19)43)49-11-12-50-29-25-28(27(39)24(26(29)37)20-6-7-22(38)30-23(20)21(14-42)32(44)52-30)46-34(47-33(25)49)51-16-36-8-4-10-48(36)15-18(13-36)35(2,40)41/h3,5-7,9,17-18H,4,8,10-13,15-16,44H2,1-2H3,(H2,43,45). The SMILES string of the molecule is CC(c1cccnc1N)N1CCOc2c(Cl)c(-c3ccc(F)c4sc(N)c(C#N)c34)c(F)c3nc(OCC45CCCN4CC(C(C)(F)F)C5)nc1c23. The highest BCUT2D eigenvalue weighted by Gasteiger charge is 2.54. The van der Waals surface area contributed by atoms with Gasteiger partial charge in [0.15, 0.2) is 11.6 Å². The van der Waals surface area contributed by atoms with Crippen LogP contribution in [-0.4, -0.2) is 64.2 Å². The second-order valence-electron chi connectivity index (χ2n) is 13.8. The van der Waals surface area contributed by atoms with Crippen LogP contribution in [0.5, 0.6) is 11.8 Å². The molecule has 5 aromatic rings. The molecule has 3 aromatic heterocycles. The first-order valence-electron chi connectivity index (χ1n) is 16.8. The Kier molecular flexibility index (Phi) is 8.27. The minimum absolute atomic E-state index is 0.00814. The molecule has 0 aliphatic carbocycles. The lowest BCUT2D eigenvalue weighted by Gasteiger charge is -2.32. The summed E-state index contributed by atoms with van der Waals surface area (Å²) in [6, 6.07) is 7.50. The molecular formula is C36H33ClF4N8O2S. The minimum atomic E-state index is -2.86. The number of nitriles is 1. The first-order valence-corrected chi connectivity index (χ1v) is 18.0. The third-order valence-corrected chi connectivity index (χ3v) is 12.2. The molecule has 3 aliphatic rings. The molecule has 10 nitrogen and oxygen atoms in total. The number of thiophene rings is 1. The van der Waals surface area contributed by atoms with Gasteiger partial charge < -0.3 is 25.8 Å². The van der Waals surface area contributed by atoms with Gasteiger partial charge in [0.25, 0.3) is 0 Å². The third-order valence-electron chi connectivity index (χ3n) is 10.8. The molecule has 0 bridgehead atoms. The largest absolute Gasteiger partial charge is 0.489 e. The molecular weight excluding hydrogens is 720 g/mol. The molecule has 3 atom stereocenters. The van der Waals surface area contributed by atoms with Gasteiger partial charge in [0.2, 0.25) is 5.92 Å². The normalized spacial score (nSPS) is 20.9. The van der Waals surface area contributed by atoms with Crippen LogP contribution in [0.25, 0.3) is 32.1 Å². The maximum absolute atomic E-state index is 17.3. The maximum atomic E-state index is 17.3. The fourth-order valence-corrected chi connectivity index (χ4v) is 9.41. The van der Waals surface area contributed by atoms with Crippen molar-refractivity contribution in [3.8, 4) is 29.0 Å². The third kappa shape index (κ3) is 5.33. The summed E-state index contributed by atoms with van der Waals surface area (Å²) in [7, 11) is 0. The first-order chi connectivity index (χ1) is 24.8. The fourth-order valence-electron chi connectivity index (χ4n) is 8.13. The Morgan fingerprint density at radius 3 is 2.77 bits per heavy atom. The van der Waals surface area contributed by atoms with E-state index in [4.69, 9.17) is 37.5 Å². The molecule has 0 amide bonds. The number of hydrogen-bond donors (Lipinski definition) is 2. The molecule has 270 valence electrons. The van der Waals surface area contributed by atoms with Crippen molar-refractivity contribution >= 4 is 60.6 Å².